The number of nitrogens with one attached hydrogen (secondary N) is 3. The molecule has 146 valence electrons. The lowest BCUT2D eigenvalue weighted by atomic mass is 9.83. The Hall–Kier alpha value is -2.58. The molecular formula is C20H22N4O2S2. The highest BCUT2D eigenvalue weighted by Crippen LogP contribution is 2.35. The Kier molecular flexibility index (Phi) is 6.53. The number of urea groups is 1. The molecule has 3 rings (SSSR count). The molecule has 0 aliphatic carbocycles. The van der Waals surface area contributed by atoms with E-state index < -0.39 is 17.5 Å². The molecule has 1 aliphatic rings. The molecule has 1 saturated heterocycles. The van der Waals surface area contributed by atoms with Crippen LogP contribution in [0.1, 0.15) is 17.5 Å². The summed E-state index contributed by atoms with van der Waals surface area (Å²) in [6.45, 7) is 0.666. The quantitative estimate of drug-likeness (QED) is 0.367. The van der Waals surface area contributed by atoms with Gasteiger partial charge in [0.1, 0.15) is 0 Å². The van der Waals surface area contributed by atoms with Gasteiger partial charge in [0.05, 0.1) is 0 Å². The van der Waals surface area contributed by atoms with Crippen LogP contribution in [-0.4, -0.2) is 40.6 Å². The Labute approximate surface area is 174 Å². The fraction of sp³-hybridized carbons (Fsp3) is 0.250. The molecule has 0 unspecified atom stereocenters. The molecule has 1 heterocycles. The summed E-state index contributed by atoms with van der Waals surface area (Å²) in [4.78, 5) is 26.1. The normalized spacial score (nSPS) is 15.2. The maximum atomic E-state index is 13.4. The molecule has 1 aliphatic heterocycles. The van der Waals surface area contributed by atoms with Crippen molar-refractivity contribution >= 4 is 41.0 Å². The van der Waals surface area contributed by atoms with E-state index in [9.17, 15) is 9.59 Å². The second-order valence-electron chi connectivity index (χ2n) is 6.27. The molecule has 0 aromatic heterocycles. The van der Waals surface area contributed by atoms with Crippen LogP contribution in [0.4, 0.5) is 4.79 Å². The standard InChI is InChI=1S/C20H22N4O2S2/c1-28-14-8-13-21-18(27)23-24-17(25)20(22-19(24)26,15-9-4-2-5-10-15)16-11-6-3-7-12-16/h2-7,9-12H,8,13-14H2,1H3,(H,22,26)(H2,21,23,27). The third-order valence-corrected chi connectivity index (χ3v) is 5.39. The van der Waals surface area contributed by atoms with Crippen LogP contribution in [-0.2, 0) is 10.3 Å². The minimum absolute atomic E-state index is 0.238. The lowest BCUT2D eigenvalue weighted by molar-refractivity contribution is -0.131. The first-order valence-corrected chi connectivity index (χ1v) is 10.7. The van der Waals surface area contributed by atoms with Gasteiger partial charge in [0, 0.05) is 6.54 Å². The van der Waals surface area contributed by atoms with Crippen LogP contribution in [0.25, 0.3) is 0 Å². The Morgan fingerprint density at radius 1 is 1.07 bits per heavy atom. The van der Waals surface area contributed by atoms with E-state index in [0.29, 0.717) is 17.7 Å². The first-order valence-electron chi connectivity index (χ1n) is 8.91. The van der Waals surface area contributed by atoms with Crippen molar-refractivity contribution in [1.29, 1.82) is 0 Å². The van der Waals surface area contributed by atoms with Crippen LogP contribution in [0.2, 0.25) is 0 Å². The van der Waals surface area contributed by atoms with Crippen molar-refractivity contribution in [3.05, 3.63) is 71.8 Å². The molecule has 1 fully saturated rings. The van der Waals surface area contributed by atoms with Crippen molar-refractivity contribution in [1.82, 2.24) is 21.1 Å². The molecule has 0 atom stereocenters. The zero-order valence-electron chi connectivity index (χ0n) is 15.5. The van der Waals surface area contributed by atoms with Crippen LogP contribution < -0.4 is 16.1 Å². The molecule has 2 aromatic carbocycles. The lowest BCUT2D eigenvalue weighted by Gasteiger charge is -2.28. The maximum absolute atomic E-state index is 13.4. The second kappa shape index (κ2) is 9.07. The maximum Gasteiger partial charge on any atom is 0.344 e. The average Bonchev–Trinajstić information content (AvgIpc) is 2.98. The highest BCUT2D eigenvalue weighted by Gasteiger charge is 2.54. The largest absolute Gasteiger partial charge is 0.361 e. The molecular weight excluding hydrogens is 392 g/mol. The van der Waals surface area contributed by atoms with Crippen molar-refractivity contribution in [2.75, 3.05) is 18.6 Å². The van der Waals surface area contributed by atoms with Crippen LogP contribution >= 0.6 is 24.0 Å². The predicted molar refractivity (Wildman–Crippen MR) is 116 cm³/mol. The molecule has 0 radical (unpaired) electrons. The summed E-state index contributed by atoms with van der Waals surface area (Å²) < 4.78 is 0. The van der Waals surface area contributed by atoms with Crippen LogP contribution in [0.5, 0.6) is 0 Å². The molecule has 6 nitrogen and oxygen atoms in total. The minimum Gasteiger partial charge on any atom is -0.361 e. The number of benzene rings is 2. The number of hydrogen-bond donors (Lipinski definition) is 3. The van der Waals surface area contributed by atoms with E-state index in [4.69, 9.17) is 12.2 Å². The minimum atomic E-state index is -1.30. The average molecular weight is 415 g/mol. The third-order valence-electron chi connectivity index (χ3n) is 4.46. The zero-order chi connectivity index (χ0) is 20.0. The number of hydrazine groups is 1. The number of carbonyl (C=O) groups excluding carboxylic acids is 2. The van der Waals surface area contributed by atoms with Gasteiger partial charge in [-0.3, -0.25) is 10.2 Å². The smallest absolute Gasteiger partial charge is 0.344 e. The van der Waals surface area contributed by atoms with E-state index in [1.54, 1.807) is 11.8 Å². The van der Waals surface area contributed by atoms with Gasteiger partial charge < -0.3 is 10.6 Å². The molecule has 0 saturated carbocycles. The van der Waals surface area contributed by atoms with E-state index in [2.05, 4.69) is 16.1 Å². The summed E-state index contributed by atoms with van der Waals surface area (Å²) in [5, 5.41) is 7.08. The van der Waals surface area contributed by atoms with Crippen LogP contribution in [0, 0.1) is 0 Å². The fourth-order valence-electron chi connectivity index (χ4n) is 3.13. The molecule has 28 heavy (non-hydrogen) atoms. The molecule has 3 amide bonds. The van der Waals surface area contributed by atoms with Gasteiger partial charge in [-0.2, -0.15) is 16.8 Å². The molecule has 2 aromatic rings. The van der Waals surface area contributed by atoms with Crippen molar-refractivity contribution in [3.63, 3.8) is 0 Å². The van der Waals surface area contributed by atoms with E-state index >= 15 is 0 Å². The van der Waals surface area contributed by atoms with Crippen molar-refractivity contribution in [2.24, 2.45) is 0 Å². The summed E-state index contributed by atoms with van der Waals surface area (Å²) in [5.74, 6) is 0.576. The topological polar surface area (TPSA) is 73.5 Å². The van der Waals surface area contributed by atoms with Crippen LogP contribution in [0.3, 0.4) is 0 Å². The number of carbonyl (C=O) groups is 2. The van der Waals surface area contributed by atoms with Gasteiger partial charge in [0.2, 0.25) is 0 Å². The van der Waals surface area contributed by atoms with E-state index in [0.717, 1.165) is 17.2 Å². The highest BCUT2D eigenvalue weighted by atomic mass is 32.2. The van der Waals surface area contributed by atoms with Gasteiger partial charge in [-0.1, -0.05) is 60.7 Å². The summed E-state index contributed by atoms with van der Waals surface area (Å²) in [5.41, 5.74) is 2.80. The first-order chi connectivity index (χ1) is 13.6. The fourth-order valence-corrected chi connectivity index (χ4v) is 3.75. The van der Waals surface area contributed by atoms with Crippen LogP contribution in [0.15, 0.2) is 60.7 Å². The van der Waals surface area contributed by atoms with Gasteiger partial charge in [0.25, 0.3) is 5.91 Å². The second-order valence-corrected chi connectivity index (χ2v) is 7.66. The van der Waals surface area contributed by atoms with Gasteiger partial charge in [-0.25, -0.2) is 4.79 Å². The Balaban J connectivity index is 1.86. The van der Waals surface area contributed by atoms with E-state index in [1.165, 1.54) is 0 Å². The SMILES string of the molecule is CSCCCNC(=S)NN1C(=O)NC(c2ccccc2)(c2ccccc2)C1=O. The predicted octanol–water partition coefficient (Wildman–Crippen LogP) is 2.61. The number of thioether (sulfide) groups is 1. The Morgan fingerprint density at radius 3 is 2.18 bits per heavy atom. The monoisotopic (exact) mass is 414 g/mol. The highest BCUT2D eigenvalue weighted by molar-refractivity contribution is 7.98. The van der Waals surface area contributed by atoms with Crippen molar-refractivity contribution < 1.29 is 9.59 Å². The zero-order valence-corrected chi connectivity index (χ0v) is 17.1. The molecule has 8 heteroatoms. The molecule has 3 N–H and O–H groups in total. The number of hydrogen-bond acceptors (Lipinski definition) is 4. The van der Waals surface area contributed by atoms with Crippen molar-refractivity contribution in [2.45, 2.75) is 12.0 Å². The number of imide groups is 1. The Bertz CT molecular complexity index is 806. The summed E-state index contributed by atoms with van der Waals surface area (Å²) in [6.07, 6.45) is 2.97. The first kappa shape index (κ1) is 20.2. The number of nitrogens with zero attached hydrogens (tertiary/aromatic N) is 1. The summed E-state index contributed by atoms with van der Waals surface area (Å²) in [6, 6.07) is 17.9. The van der Waals surface area contributed by atoms with Gasteiger partial charge in [-0.05, 0) is 41.8 Å². The molecule has 0 bridgehead atoms. The van der Waals surface area contributed by atoms with E-state index in [1.807, 2.05) is 66.9 Å². The van der Waals surface area contributed by atoms with E-state index in [-0.39, 0.29) is 5.11 Å². The molecule has 0 spiro atoms. The third kappa shape index (κ3) is 3.98. The summed E-state index contributed by atoms with van der Waals surface area (Å²) in [7, 11) is 0. The number of thiocarbonyl (C=S) groups is 1. The summed E-state index contributed by atoms with van der Waals surface area (Å²) >= 11 is 7.00. The van der Waals surface area contributed by atoms with Crippen molar-refractivity contribution in [3.8, 4) is 0 Å². The van der Waals surface area contributed by atoms with Gasteiger partial charge >= 0.3 is 6.03 Å². The Morgan fingerprint density at radius 2 is 1.64 bits per heavy atom. The van der Waals surface area contributed by atoms with Gasteiger partial charge in [0.15, 0.2) is 10.7 Å². The number of amides is 3. The van der Waals surface area contributed by atoms with Gasteiger partial charge in [-0.15, -0.1) is 0 Å². The lowest BCUT2D eigenvalue weighted by Crippen LogP contribution is -2.52. The number of rotatable bonds is 7.